The van der Waals surface area contributed by atoms with Crippen LogP contribution < -0.4 is 4.74 Å². The van der Waals surface area contributed by atoms with Crippen molar-refractivity contribution in [2.45, 2.75) is 45.1 Å². The molecule has 0 aliphatic rings. The second-order valence-electron chi connectivity index (χ2n) is 7.05. The zero-order chi connectivity index (χ0) is 18.4. The number of ether oxygens (including phenoxy) is 1. The second kappa shape index (κ2) is 8.06. The first-order valence-electron chi connectivity index (χ1n) is 8.53. The maximum atomic E-state index is 11.7. The first-order chi connectivity index (χ1) is 11.8. The van der Waals surface area contributed by atoms with E-state index in [1.165, 1.54) is 0 Å². The maximum Gasteiger partial charge on any atom is 0.310 e. The number of hydrogen-bond donors (Lipinski definition) is 2. The van der Waals surface area contributed by atoms with E-state index in [2.05, 4.69) is 13.8 Å². The van der Waals surface area contributed by atoms with Crippen molar-refractivity contribution in [3.8, 4) is 11.5 Å². The van der Waals surface area contributed by atoms with Gasteiger partial charge in [-0.2, -0.15) is 0 Å². The summed E-state index contributed by atoms with van der Waals surface area (Å²) in [7, 11) is 0. The molecule has 4 heteroatoms. The molecule has 2 aromatic rings. The summed E-state index contributed by atoms with van der Waals surface area (Å²) in [5, 5.41) is 19.0. The third-order valence-electron chi connectivity index (χ3n) is 4.68. The third kappa shape index (κ3) is 5.24. The summed E-state index contributed by atoms with van der Waals surface area (Å²) in [5.41, 5.74) is 0.888. The lowest BCUT2D eigenvalue weighted by Gasteiger charge is -2.29. The molecule has 0 spiro atoms. The number of aliphatic carboxylic acids is 1. The molecule has 2 atom stereocenters. The molecule has 0 heterocycles. The van der Waals surface area contributed by atoms with Crippen LogP contribution in [-0.4, -0.2) is 22.3 Å². The second-order valence-corrected chi connectivity index (χ2v) is 7.05. The molecule has 134 valence electrons. The van der Waals surface area contributed by atoms with Gasteiger partial charge in [0.15, 0.2) is 0 Å². The zero-order valence-corrected chi connectivity index (χ0v) is 15.0. The highest BCUT2D eigenvalue weighted by atomic mass is 16.5. The van der Waals surface area contributed by atoms with Gasteiger partial charge in [-0.15, -0.1) is 0 Å². The van der Waals surface area contributed by atoms with Gasteiger partial charge in [-0.1, -0.05) is 44.2 Å². The summed E-state index contributed by atoms with van der Waals surface area (Å²) in [6.45, 7) is 5.97. The SMILES string of the molecule is CC(Oc1ccccc1)C(CCC(C)(C)c1ccc(O)cc1)C(=O)O. The third-order valence-corrected chi connectivity index (χ3v) is 4.68. The Morgan fingerprint density at radius 2 is 1.68 bits per heavy atom. The number of benzene rings is 2. The predicted molar refractivity (Wildman–Crippen MR) is 98.0 cm³/mol. The highest BCUT2D eigenvalue weighted by molar-refractivity contribution is 5.70. The van der Waals surface area contributed by atoms with Crippen molar-refractivity contribution in [3.63, 3.8) is 0 Å². The van der Waals surface area contributed by atoms with E-state index in [1.54, 1.807) is 19.1 Å². The van der Waals surface area contributed by atoms with Crippen LogP contribution in [0.15, 0.2) is 54.6 Å². The summed E-state index contributed by atoms with van der Waals surface area (Å²) in [5.74, 6) is -0.520. The molecule has 25 heavy (non-hydrogen) atoms. The molecular weight excluding hydrogens is 316 g/mol. The Morgan fingerprint density at radius 3 is 2.24 bits per heavy atom. The molecule has 2 aromatic carbocycles. The highest BCUT2D eigenvalue weighted by Gasteiger charge is 2.30. The minimum atomic E-state index is -0.843. The van der Waals surface area contributed by atoms with Crippen molar-refractivity contribution in [2.24, 2.45) is 5.92 Å². The van der Waals surface area contributed by atoms with E-state index in [0.29, 0.717) is 18.6 Å². The van der Waals surface area contributed by atoms with Gasteiger partial charge in [0.25, 0.3) is 0 Å². The lowest BCUT2D eigenvalue weighted by Crippen LogP contribution is -2.32. The van der Waals surface area contributed by atoms with Crippen LogP contribution in [0.1, 0.15) is 39.2 Å². The van der Waals surface area contributed by atoms with Crippen LogP contribution in [-0.2, 0) is 10.2 Å². The molecule has 2 N–H and O–H groups in total. The normalized spacial score (nSPS) is 13.9. The minimum Gasteiger partial charge on any atom is -0.508 e. The molecule has 0 saturated heterocycles. The van der Waals surface area contributed by atoms with Gasteiger partial charge in [-0.3, -0.25) is 4.79 Å². The van der Waals surface area contributed by atoms with Crippen molar-refractivity contribution in [2.75, 3.05) is 0 Å². The monoisotopic (exact) mass is 342 g/mol. The number of carbonyl (C=O) groups is 1. The lowest BCUT2D eigenvalue weighted by molar-refractivity contribution is -0.145. The number of hydrogen-bond acceptors (Lipinski definition) is 3. The Kier molecular flexibility index (Phi) is 6.07. The molecule has 0 bridgehead atoms. The van der Waals surface area contributed by atoms with Crippen LogP contribution in [0.4, 0.5) is 0 Å². The van der Waals surface area contributed by atoms with Gasteiger partial charge in [-0.05, 0) is 55.0 Å². The standard InChI is InChI=1S/C21H26O4/c1-15(25-18-7-5-4-6-8-18)19(20(23)24)13-14-21(2,3)16-9-11-17(22)12-10-16/h4-12,15,19,22H,13-14H2,1-3H3,(H,23,24). The number of phenolic OH excluding ortho intramolecular Hbond substituents is 1. The van der Waals surface area contributed by atoms with Gasteiger partial charge in [-0.25, -0.2) is 0 Å². The Balaban J connectivity index is 2.03. The number of aromatic hydroxyl groups is 1. The summed E-state index contributed by atoms with van der Waals surface area (Å²) < 4.78 is 5.81. The molecule has 4 nitrogen and oxygen atoms in total. The van der Waals surface area contributed by atoms with Crippen LogP contribution in [0.5, 0.6) is 11.5 Å². The molecule has 0 amide bonds. The van der Waals surface area contributed by atoms with Crippen LogP contribution in [0.3, 0.4) is 0 Å². The number of para-hydroxylation sites is 1. The number of carboxylic acid groups (broad SMARTS) is 1. The average Bonchev–Trinajstić information content (AvgIpc) is 2.56. The van der Waals surface area contributed by atoms with Crippen molar-refractivity contribution >= 4 is 5.97 Å². The molecule has 0 aromatic heterocycles. The molecule has 0 radical (unpaired) electrons. The van der Waals surface area contributed by atoms with Gasteiger partial charge < -0.3 is 14.9 Å². The van der Waals surface area contributed by atoms with Crippen LogP contribution in [0.2, 0.25) is 0 Å². The van der Waals surface area contributed by atoms with E-state index >= 15 is 0 Å². The molecule has 0 aliphatic carbocycles. The van der Waals surface area contributed by atoms with Crippen molar-refractivity contribution in [1.29, 1.82) is 0 Å². The van der Waals surface area contributed by atoms with Crippen LogP contribution in [0, 0.1) is 5.92 Å². The fourth-order valence-corrected chi connectivity index (χ4v) is 2.93. The van der Waals surface area contributed by atoms with Crippen molar-refractivity contribution in [1.82, 2.24) is 0 Å². The molecule has 2 unspecified atom stereocenters. The van der Waals surface area contributed by atoms with E-state index in [9.17, 15) is 15.0 Å². The molecule has 2 rings (SSSR count). The fraction of sp³-hybridized carbons (Fsp3) is 0.381. The average molecular weight is 342 g/mol. The smallest absolute Gasteiger partial charge is 0.310 e. The summed E-state index contributed by atoms with van der Waals surface area (Å²) in [6.07, 6.45) is 0.796. The van der Waals surface area contributed by atoms with Crippen LogP contribution >= 0.6 is 0 Å². The van der Waals surface area contributed by atoms with Gasteiger partial charge in [0, 0.05) is 0 Å². The largest absolute Gasteiger partial charge is 0.508 e. The Labute approximate surface area is 149 Å². The van der Waals surface area contributed by atoms with E-state index in [1.807, 2.05) is 42.5 Å². The van der Waals surface area contributed by atoms with Crippen LogP contribution in [0.25, 0.3) is 0 Å². The number of phenols is 1. The summed E-state index contributed by atoms with van der Waals surface area (Å²) in [6, 6.07) is 16.4. The van der Waals surface area contributed by atoms with E-state index in [-0.39, 0.29) is 11.2 Å². The molecule has 0 aliphatic heterocycles. The molecular formula is C21H26O4. The first kappa shape index (κ1) is 18.8. The highest BCUT2D eigenvalue weighted by Crippen LogP contribution is 2.32. The Hall–Kier alpha value is -2.49. The number of carboxylic acids is 1. The summed E-state index contributed by atoms with van der Waals surface area (Å²) in [4.78, 5) is 11.7. The zero-order valence-electron chi connectivity index (χ0n) is 15.0. The quantitative estimate of drug-likeness (QED) is 0.735. The van der Waals surface area contributed by atoms with E-state index in [4.69, 9.17) is 4.74 Å². The predicted octanol–water partition coefficient (Wildman–Crippen LogP) is 4.62. The maximum absolute atomic E-state index is 11.7. The fourth-order valence-electron chi connectivity index (χ4n) is 2.93. The molecule has 0 saturated carbocycles. The number of rotatable bonds is 8. The Morgan fingerprint density at radius 1 is 1.08 bits per heavy atom. The Bertz CT molecular complexity index is 677. The lowest BCUT2D eigenvalue weighted by atomic mass is 9.78. The summed E-state index contributed by atoms with van der Waals surface area (Å²) >= 11 is 0. The van der Waals surface area contributed by atoms with Gasteiger partial charge in [0.05, 0.1) is 5.92 Å². The van der Waals surface area contributed by atoms with Gasteiger partial charge in [0.2, 0.25) is 0 Å². The first-order valence-corrected chi connectivity index (χ1v) is 8.53. The van der Waals surface area contributed by atoms with E-state index < -0.39 is 18.0 Å². The topological polar surface area (TPSA) is 66.8 Å². The van der Waals surface area contributed by atoms with Gasteiger partial charge in [0.1, 0.15) is 17.6 Å². The van der Waals surface area contributed by atoms with Gasteiger partial charge >= 0.3 is 5.97 Å². The van der Waals surface area contributed by atoms with Crippen molar-refractivity contribution in [3.05, 3.63) is 60.2 Å². The molecule has 0 fully saturated rings. The minimum absolute atomic E-state index is 0.187. The van der Waals surface area contributed by atoms with E-state index in [0.717, 1.165) is 5.56 Å². The van der Waals surface area contributed by atoms with Crippen molar-refractivity contribution < 1.29 is 19.7 Å².